The highest BCUT2D eigenvalue weighted by Crippen LogP contribution is 2.20. The van der Waals surface area contributed by atoms with Gasteiger partial charge in [0.1, 0.15) is 0 Å². The lowest BCUT2D eigenvalue weighted by molar-refractivity contribution is 0.550. The van der Waals surface area contributed by atoms with Crippen LogP contribution in [0.5, 0.6) is 0 Å². The molecule has 2 aliphatic rings. The third-order valence-electron chi connectivity index (χ3n) is 4.48. The summed E-state index contributed by atoms with van der Waals surface area (Å²) in [7, 11) is 0. The molecule has 0 aromatic carbocycles. The van der Waals surface area contributed by atoms with Crippen LogP contribution in [0, 0.1) is 0 Å². The van der Waals surface area contributed by atoms with Crippen LogP contribution in [0.4, 0.5) is 0 Å². The zero-order valence-corrected chi connectivity index (χ0v) is 13.8. The number of nitrogens with zero attached hydrogens (tertiary/aromatic N) is 3. The van der Waals surface area contributed by atoms with Gasteiger partial charge in [-0.15, -0.1) is 0 Å². The predicted molar refractivity (Wildman–Crippen MR) is 105 cm³/mol. The molecule has 124 valence electrons. The van der Waals surface area contributed by atoms with Gasteiger partial charge in [0.05, 0.1) is 33.8 Å². The van der Waals surface area contributed by atoms with Crippen molar-refractivity contribution in [2.45, 2.75) is 0 Å². The van der Waals surface area contributed by atoms with Crippen molar-refractivity contribution in [3.05, 3.63) is 71.3 Å². The van der Waals surface area contributed by atoms with Crippen LogP contribution in [0.3, 0.4) is 0 Å². The molecule has 5 rings (SSSR count). The highest BCUT2D eigenvalue weighted by atomic mass is 16.1. The zero-order valence-electron chi connectivity index (χ0n) is 13.8. The lowest BCUT2D eigenvalue weighted by Crippen LogP contribution is -1.92. The second-order valence-electron chi connectivity index (χ2n) is 6.12. The van der Waals surface area contributed by atoms with E-state index in [9.17, 15) is 4.79 Å². The van der Waals surface area contributed by atoms with Crippen LogP contribution in [0.15, 0.2) is 48.5 Å². The Hall–Kier alpha value is -3.73. The minimum Gasteiger partial charge on any atom is -0.354 e. The molecule has 0 atom stereocenters. The van der Waals surface area contributed by atoms with Gasteiger partial charge in [0.25, 0.3) is 0 Å². The first-order valence-corrected chi connectivity index (χ1v) is 8.30. The summed E-state index contributed by atoms with van der Waals surface area (Å²) in [5, 5.41) is 0. The Morgan fingerprint density at radius 1 is 0.769 bits per heavy atom. The van der Waals surface area contributed by atoms with Gasteiger partial charge in [-0.1, -0.05) is 0 Å². The van der Waals surface area contributed by atoms with Crippen LogP contribution >= 0.6 is 0 Å². The van der Waals surface area contributed by atoms with Gasteiger partial charge in [0, 0.05) is 11.0 Å². The molecule has 0 aliphatic carbocycles. The molecule has 26 heavy (non-hydrogen) atoms. The normalized spacial score (nSPS) is 12.5. The van der Waals surface area contributed by atoms with Crippen molar-refractivity contribution in [2.75, 3.05) is 0 Å². The van der Waals surface area contributed by atoms with Crippen LogP contribution in [-0.4, -0.2) is 25.9 Å². The Morgan fingerprint density at radius 3 is 2.15 bits per heavy atom. The monoisotopic (exact) mass is 338 g/mol. The van der Waals surface area contributed by atoms with Gasteiger partial charge in [0.2, 0.25) is 6.41 Å². The summed E-state index contributed by atoms with van der Waals surface area (Å²) in [6.07, 6.45) is 8.67. The molecule has 3 aromatic rings. The molecule has 5 nitrogen and oxygen atoms in total. The second kappa shape index (κ2) is 5.67. The standard InChI is InChI=1S/C21H14N4O/c26-13-25-17-7-3-16-5-10-19(23-16)18-9-4-14(22-18)1-2-15-6-11-20(24-15)21(25)12-8-17/h1-13,24H. The number of rotatable bonds is 1. The van der Waals surface area contributed by atoms with E-state index in [-0.39, 0.29) is 0 Å². The maximum absolute atomic E-state index is 11.6. The molecule has 0 saturated heterocycles. The van der Waals surface area contributed by atoms with Crippen molar-refractivity contribution in [3.8, 4) is 0 Å². The van der Waals surface area contributed by atoms with Gasteiger partial charge in [-0.05, 0) is 72.8 Å². The van der Waals surface area contributed by atoms with E-state index in [2.05, 4.69) is 15.0 Å². The van der Waals surface area contributed by atoms with E-state index in [1.165, 1.54) is 0 Å². The Morgan fingerprint density at radius 2 is 1.42 bits per heavy atom. The number of H-pyrrole nitrogens is 1. The Bertz CT molecular complexity index is 1260. The minimum absolute atomic E-state index is 0.798. The molecule has 0 fully saturated rings. The molecule has 3 aromatic heterocycles. The average molecular weight is 338 g/mol. The number of carbonyl (C=O) groups is 1. The molecule has 8 bridgehead atoms. The minimum atomic E-state index is 0.798. The molecular weight excluding hydrogens is 324 g/mol. The molecule has 5 heterocycles. The van der Waals surface area contributed by atoms with E-state index < -0.39 is 0 Å². The summed E-state index contributed by atoms with van der Waals surface area (Å²) in [5.41, 5.74) is 6.83. The van der Waals surface area contributed by atoms with Gasteiger partial charge >= 0.3 is 0 Å². The first-order chi connectivity index (χ1) is 12.8. The van der Waals surface area contributed by atoms with Crippen LogP contribution in [-0.2, 0) is 4.79 Å². The van der Waals surface area contributed by atoms with Crippen LogP contribution in [0.2, 0.25) is 0 Å². The fourth-order valence-electron chi connectivity index (χ4n) is 3.17. The van der Waals surface area contributed by atoms with E-state index in [0.717, 1.165) is 51.3 Å². The third kappa shape index (κ3) is 2.38. The van der Waals surface area contributed by atoms with Gasteiger partial charge in [-0.25, -0.2) is 9.97 Å². The Labute approximate surface area is 149 Å². The maximum Gasteiger partial charge on any atom is 0.218 e. The highest BCUT2D eigenvalue weighted by Gasteiger charge is 2.07. The number of carbonyl (C=O) groups excluding carboxylic acids is 1. The largest absolute Gasteiger partial charge is 0.354 e. The molecule has 5 heteroatoms. The van der Waals surface area contributed by atoms with Crippen molar-refractivity contribution in [1.29, 1.82) is 0 Å². The van der Waals surface area contributed by atoms with Crippen molar-refractivity contribution in [1.82, 2.24) is 19.5 Å². The Kier molecular flexibility index (Phi) is 3.18. The second-order valence-corrected chi connectivity index (χ2v) is 6.12. The van der Waals surface area contributed by atoms with Crippen LogP contribution in [0.1, 0.15) is 22.8 Å². The van der Waals surface area contributed by atoms with E-state index in [4.69, 9.17) is 0 Å². The summed E-state index contributed by atoms with van der Waals surface area (Å²) in [4.78, 5) is 24.2. The topological polar surface area (TPSA) is 63.6 Å². The summed E-state index contributed by atoms with van der Waals surface area (Å²) in [6.45, 7) is 0. The molecule has 0 amide bonds. The fraction of sp³-hybridized carbons (Fsp3) is 0. The number of aromatic amines is 1. The third-order valence-corrected chi connectivity index (χ3v) is 4.48. The highest BCUT2D eigenvalue weighted by molar-refractivity contribution is 5.88. The smallest absolute Gasteiger partial charge is 0.218 e. The summed E-state index contributed by atoms with van der Waals surface area (Å²) in [6, 6.07) is 15.5. The SMILES string of the molecule is O=Cn1c2ccc3nc(c4nc(ccc5ccc([nH]5)c1cc2)C=C4)C=C3. The predicted octanol–water partition coefficient (Wildman–Crippen LogP) is 4.17. The summed E-state index contributed by atoms with van der Waals surface area (Å²) < 4.78 is 1.62. The number of aromatic nitrogens is 4. The first-order valence-electron chi connectivity index (χ1n) is 8.30. The first kappa shape index (κ1) is 14.6. The molecule has 0 spiro atoms. The Balaban J connectivity index is 1.90. The van der Waals surface area contributed by atoms with Crippen molar-refractivity contribution >= 4 is 52.8 Å². The average Bonchev–Trinajstić information content (AvgIpc) is 3.43. The summed E-state index contributed by atoms with van der Waals surface area (Å²) in [5.74, 6) is 0. The van der Waals surface area contributed by atoms with Gasteiger partial charge in [0.15, 0.2) is 0 Å². The van der Waals surface area contributed by atoms with E-state index in [1.807, 2.05) is 72.8 Å². The van der Waals surface area contributed by atoms with Gasteiger partial charge in [-0.2, -0.15) is 0 Å². The number of hydrogen-bond acceptors (Lipinski definition) is 3. The maximum atomic E-state index is 11.6. The number of hydrogen-bond donors (Lipinski definition) is 1. The van der Waals surface area contributed by atoms with E-state index in [1.54, 1.807) is 4.57 Å². The summed E-state index contributed by atoms with van der Waals surface area (Å²) >= 11 is 0. The molecule has 2 aliphatic heterocycles. The molecular formula is C21H14N4O. The lowest BCUT2D eigenvalue weighted by atomic mass is 10.3. The van der Waals surface area contributed by atoms with Crippen molar-refractivity contribution < 1.29 is 4.79 Å². The number of nitrogens with one attached hydrogen (secondary N) is 1. The van der Waals surface area contributed by atoms with Crippen LogP contribution in [0.25, 0.3) is 46.4 Å². The van der Waals surface area contributed by atoms with Gasteiger partial charge < -0.3 is 4.98 Å². The quantitative estimate of drug-likeness (QED) is 0.467. The fourth-order valence-corrected chi connectivity index (χ4v) is 3.17. The zero-order chi connectivity index (χ0) is 17.5. The van der Waals surface area contributed by atoms with Crippen molar-refractivity contribution in [3.63, 3.8) is 0 Å². The van der Waals surface area contributed by atoms with E-state index >= 15 is 0 Å². The van der Waals surface area contributed by atoms with Gasteiger partial charge in [-0.3, -0.25) is 9.36 Å². The van der Waals surface area contributed by atoms with E-state index in [0.29, 0.717) is 0 Å². The van der Waals surface area contributed by atoms with Crippen molar-refractivity contribution in [2.24, 2.45) is 0 Å². The molecule has 1 N–H and O–H groups in total. The molecule has 0 saturated carbocycles. The lowest BCUT2D eigenvalue weighted by Gasteiger charge is -1.94. The van der Waals surface area contributed by atoms with Crippen LogP contribution < -0.4 is 0 Å². The molecule has 0 radical (unpaired) electrons. The number of fused-ring (bicyclic) bond motifs is 10. The molecule has 0 unspecified atom stereocenters.